The van der Waals surface area contributed by atoms with E-state index in [0.29, 0.717) is 17.9 Å². The molecule has 1 aliphatic heterocycles. The molecule has 0 saturated heterocycles. The van der Waals surface area contributed by atoms with Gasteiger partial charge in [0.25, 0.3) is 0 Å². The van der Waals surface area contributed by atoms with Gasteiger partial charge in [-0.2, -0.15) is 0 Å². The number of aromatic nitrogens is 1. The minimum absolute atomic E-state index is 0.0862. The van der Waals surface area contributed by atoms with Crippen molar-refractivity contribution in [1.82, 2.24) is 4.98 Å². The number of carbonyl (C=O) groups excluding carboxylic acids is 1. The molecule has 1 aromatic heterocycles. The third-order valence-electron chi connectivity index (χ3n) is 5.52. The summed E-state index contributed by atoms with van der Waals surface area (Å²) < 4.78 is 0. The van der Waals surface area contributed by atoms with Crippen molar-refractivity contribution >= 4 is 17.6 Å². The van der Waals surface area contributed by atoms with Crippen LogP contribution in [-0.4, -0.2) is 22.0 Å². The van der Waals surface area contributed by atoms with Crippen molar-refractivity contribution in [2.75, 3.05) is 5.32 Å². The van der Waals surface area contributed by atoms with E-state index >= 15 is 0 Å². The van der Waals surface area contributed by atoms with E-state index in [2.05, 4.69) is 60.5 Å². The first-order valence-corrected chi connectivity index (χ1v) is 10.1. The molecule has 3 N–H and O–H groups in total. The number of anilines is 1. The minimum Gasteiger partial charge on any atom is -0.478 e. The predicted molar refractivity (Wildman–Crippen MR) is 120 cm³/mol. The molecule has 156 valence electrons. The first-order valence-electron chi connectivity index (χ1n) is 10.1. The average molecular weight is 405 g/mol. The number of nitrogens with one attached hydrogen (secondary N) is 2. The zero-order valence-electron chi connectivity index (χ0n) is 18.1. The number of carbonyl (C=O) groups is 2. The normalized spacial score (nSPS) is 12.3. The molecule has 0 spiro atoms. The highest BCUT2D eigenvalue weighted by Crippen LogP contribution is 2.30. The highest BCUT2D eigenvalue weighted by atomic mass is 16.4. The molecule has 30 heavy (non-hydrogen) atoms. The highest BCUT2D eigenvalue weighted by molar-refractivity contribution is 6.00. The number of rotatable bonds is 3. The quantitative estimate of drug-likeness (QED) is 0.531. The second-order valence-corrected chi connectivity index (χ2v) is 8.06. The molecule has 3 aromatic rings. The summed E-state index contributed by atoms with van der Waals surface area (Å²) in [6, 6.07) is 14.8. The zero-order chi connectivity index (χ0) is 22.0. The first kappa shape index (κ1) is 21.4. The van der Waals surface area contributed by atoms with Crippen LogP contribution in [0.1, 0.15) is 58.2 Å². The summed E-state index contributed by atoms with van der Waals surface area (Å²) in [6.07, 6.45) is 0.502. The Kier molecular flexibility index (Phi) is 6.11. The number of amides is 1. The van der Waals surface area contributed by atoms with Crippen molar-refractivity contribution in [2.24, 2.45) is 0 Å². The van der Waals surface area contributed by atoms with Crippen molar-refractivity contribution < 1.29 is 14.7 Å². The Hall–Kier alpha value is -3.34. The number of hydrogen-bond acceptors (Lipinski definition) is 2. The van der Waals surface area contributed by atoms with Crippen LogP contribution in [0.2, 0.25) is 0 Å². The lowest BCUT2D eigenvalue weighted by Gasteiger charge is -2.09. The maximum atomic E-state index is 11.4. The van der Waals surface area contributed by atoms with Gasteiger partial charge in [0, 0.05) is 17.1 Å². The van der Waals surface area contributed by atoms with E-state index in [1.807, 2.05) is 19.9 Å². The second-order valence-electron chi connectivity index (χ2n) is 8.06. The van der Waals surface area contributed by atoms with Crippen molar-refractivity contribution in [1.29, 1.82) is 0 Å². The van der Waals surface area contributed by atoms with Gasteiger partial charge in [0.2, 0.25) is 5.91 Å². The SMILES string of the molecule is CC(C)c1cccc(-c2ccc3c(c2)NC(=O)C3)c1.Cc1[nH]c(C)c(C(=O)O)c1C. The number of benzene rings is 2. The lowest BCUT2D eigenvalue weighted by atomic mass is 9.96. The van der Waals surface area contributed by atoms with Gasteiger partial charge in [0.05, 0.1) is 12.0 Å². The van der Waals surface area contributed by atoms with Crippen LogP contribution in [0.5, 0.6) is 0 Å². The highest BCUT2D eigenvalue weighted by Gasteiger charge is 2.17. The average Bonchev–Trinajstić information content (AvgIpc) is 3.19. The van der Waals surface area contributed by atoms with Gasteiger partial charge in [-0.15, -0.1) is 0 Å². The van der Waals surface area contributed by atoms with Crippen LogP contribution in [0.3, 0.4) is 0 Å². The molecular weight excluding hydrogens is 376 g/mol. The van der Waals surface area contributed by atoms with Crippen molar-refractivity contribution in [3.05, 3.63) is 76.1 Å². The number of H-pyrrole nitrogens is 1. The van der Waals surface area contributed by atoms with Gasteiger partial charge >= 0.3 is 5.97 Å². The van der Waals surface area contributed by atoms with Gasteiger partial charge in [0.1, 0.15) is 0 Å². The molecule has 1 aliphatic rings. The fourth-order valence-electron chi connectivity index (χ4n) is 3.70. The van der Waals surface area contributed by atoms with Crippen LogP contribution in [-0.2, 0) is 11.2 Å². The fraction of sp³-hybridized carbons (Fsp3) is 0.280. The smallest absolute Gasteiger partial charge is 0.337 e. The molecule has 0 aliphatic carbocycles. The summed E-state index contributed by atoms with van der Waals surface area (Å²) in [5.41, 5.74) is 8.64. The van der Waals surface area contributed by atoms with Crippen LogP contribution in [0.4, 0.5) is 5.69 Å². The van der Waals surface area contributed by atoms with Gasteiger partial charge in [-0.3, -0.25) is 4.79 Å². The van der Waals surface area contributed by atoms with Gasteiger partial charge in [-0.05, 0) is 60.6 Å². The van der Waals surface area contributed by atoms with E-state index in [1.54, 1.807) is 6.92 Å². The molecule has 5 nitrogen and oxygen atoms in total. The predicted octanol–water partition coefficient (Wildman–Crippen LogP) is 5.61. The molecule has 2 aromatic carbocycles. The molecule has 2 heterocycles. The summed E-state index contributed by atoms with van der Waals surface area (Å²) in [4.78, 5) is 25.0. The summed E-state index contributed by atoms with van der Waals surface area (Å²) in [5, 5.41) is 11.6. The maximum absolute atomic E-state index is 11.4. The van der Waals surface area contributed by atoms with Crippen LogP contribution < -0.4 is 5.32 Å². The molecular formula is C25H28N2O3. The monoisotopic (exact) mass is 404 g/mol. The summed E-state index contributed by atoms with van der Waals surface area (Å²) in [7, 11) is 0. The molecule has 0 bridgehead atoms. The molecule has 0 atom stereocenters. The standard InChI is InChI=1S/C17H17NO.C8H11NO2/c1-11(2)12-4-3-5-13(8-12)14-6-7-15-10-17(19)18-16(15)9-14;1-4-5(2)9-6(3)7(4)8(10)11/h3-9,11H,10H2,1-2H3,(H,18,19);9H,1-3H3,(H,10,11). The Morgan fingerprint density at radius 3 is 2.27 bits per heavy atom. The maximum Gasteiger partial charge on any atom is 0.337 e. The van der Waals surface area contributed by atoms with E-state index in [-0.39, 0.29) is 5.91 Å². The second kappa shape index (κ2) is 8.57. The number of aromatic carboxylic acids is 1. The number of aromatic amines is 1. The Morgan fingerprint density at radius 2 is 1.70 bits per heavy atom. The molecule has 0 radical (unpaired) electrons. The van der Waals surface area contributed by atoms with Gasteiger partial charge in [-0.1, -0.05) is 50.2 Å². The summed E-state index contributed by atoms with van der Waals surface area (Å²) >= 11 is 0. The van der Waals surface area contributed by atoms with Crippen LogP contribution >= 0.6 is 0 Å². The van der Waals surface area contributed by atoms with Crippen LogP contribution in [0, 0.1) is 20.8 Å². The Balaban J connectivity index is 0.000000199. The van der Waals surface area contributed by atoms with Crippen molar-refractivity contribution in [3.8, 4) is 11.1 Å². The number of fused-ring (bicyclic) bond motifs is 1. The molecule has 0 saturated carbocycles. The van der Waals surface area contributed by atoms with Crippen molar-refractivity contribution in [3.63, 3.8) is 0 Å². The number of aryl methyl sites for hydroxylation is 2. The fourth-order valence-corrected chi connectivity index (χ4v) is 3.70. The largest absolute Gasteiger partial charge is 0.478 e. The van der Waals surface area contributed by atoms with E-state index in [0.717, 1.165) is 33.8 Å². The Bertz CT molecular complexity index is 1110. The molecule has 0 unspecified atom stereocenters. The molecule has 4 rings (SSSR count). The van der Waals surface area contributed by atoms with Gasteiger partial charge in [-0.25, -0.2) is 4.79 Å². The summed E-state index contributed by atoms with van der Waals surface area (Å²) in [6.45, 7) is 9.84. The molecule has 0 fully saturated rings. The lowest BCUT2D eigenvalue weighted by Crippen LogP contribution is -2.03. The first-order chi connectivity index (χ1) is 14.2. The Labute approximate surface area is 177 Å². The topological polar surface area (TPSA) is 82.2 Å². The molecule has 1 amide bonds. The molecule has 5 heteroatoms. The number of carboxylic acids is 1. The van der Waals surface area contributed by atoms with Gasteiger partial charge in [0.15, 0.2) is 0 Å². The van der Waals surface area contributed by atoms with Crippen molar-refractivity contribution in [2.45, 2.75) is 47.0 Å². The van der Waals surface area contributed by atoms with E-state index in [4.69, 9.17) is 5.11 Å². The van der Waals surface area contributed by atoms with Gasteiger partial charge < -0.3 is 15.4 Å². The zero-order valence-corrected chi connectivity index (χ0v) is 18.1. The van der Waals surface area contributed by atoms with E-state index in [9.17, 15) is 9.59 Å². The lowest BCUT2D eigenvalue weighted by molar-refractivity contribution is -0.115. The Morgan fingerprint density at radius 1 is 1.00 bits per heavy atom. The third-order valence-corrected chi connectivity index (χ3v) is 5.52. The van der Waals surface area contributed by atoms with Crippen LogP contribution in [0.25, 0.3) is 11.1 Å². The third kappa shape index (κ3) is 4.46. The number of carboxylic acid groups (broad SMARTS) is 1. The van der Waals surface area contributed by atoms with E-state index in [1.165, 1.54) is 11.1 Å². The van der Waals surface area contributed by atoms with Crippen LogP contribution in [0.15, 0.2) is 42.5 Å². The number of hydrogen-bond donors (Lipinski definition) is 3. The summed E-state index contributed by atoms with van der Waals surface area (Å²) in [5.74, 6) is -0.249. The minimum atomic E-state index is -0.857. The van der Waals surface area contributed by atoms with E-state index < -0.39 is 5.97 Å².